The SMILES string of the molecule is Cc1ccc(C(=O)NCCCc2nc3ccccc3n2Cc2ccc(F)cc2)c(C)c1. The molecule has 1 heterocycles. The predicted molar refractivity (Wildman–Crippen MR) is 122 cm³/mol. The molecule has 3 aromatic carbocycles. The minimum Gasteiger partial charge on any atom is -0.352 e. The van der Waals surface area contributed by atoms with Gasteiger partial charge in [-0.1, -0.05) is 42.0 Å². The average Bonchev–Trinajstić information content (AvgIpc) is 3.10. The number of rotatable bonds is 7. The van der Waals surface area contributed by atoms with Gasteiger partial charge in [-0.05, 0) is 61.7 Å². The van der Waals surface area contributed by atoms with Gasteiger partial charge in [0.15, 0.2) is 0 Å². The smallest absolute Gasteiger partial charge is 0.251 e. The second-order valence-corrected chi connectivity index (χ2v) is 7.91. The van der Waals surface area contributed by atoms with Crippen LogP contribution in [0.25, 0.3) is 11.0 Å². The number of halogens is 1. The zero-order valence-electron chi connectivity index (χ0n) is 17.9. The normalized spacial score (nSPS) is 11.1. The molecule has 0 saturated heterocycles. The molecule has 0 saturated carbocycles. The topological polar surface area (TPSA) is 46.9 Å². The number of benzene rings is 3. The van der Waals surface area contributed by atoms with Crippen molar-refractivity contribution in [2.45, 2.75) is 33.2 Å². The summed E-state index contributed by atoms with van der Waals surface area (Å²) in [6.07, 6.45) is 1.52. The highest BCUT2D eigenvalue weighted by Crippen LogP contribution is 2.19. The van der Waals surface area contributed by atoms with Gasteiger partial charge in [-0.3, -0.25) is 4.79 Å². The van der Waals surface area contributed by atoms with Crippen LogP contribution < -0.4 is 5.32 Å². The lowest BCUT2D eigenvalue weighted by Gasteiger charge is -2.11. The molecule has 4 aromatic rings. The van der Waals surface area contributed by atoms with Crippen LogP contribution in [0.4, 0.5) is 4.39 Å². The lowest BCUT2D eigenvalue weighted by atomic mass is 10.1. The van der Waals surface area contributed by atoms with E-state index in [0.717, 1.165) is 46.4 Å². The molecular weight excluding hydrogens is 389 g/mol. The maximum absolute atomic E-state index is 13.3. The van der Waals surface area contributed by atoms with Crippen LogP contribution in [0.3, 0.4) is 0 Å². The number of aromatic nitrogens is 2. The van der Waals surface area contributed by atoms with Gasteiger partial charge in [0.05, 0.1) is 11.0 Å². The predicted octanol–water partition coefficient (Wildman–Crippen LogP) is 5.20. The molecule has 5 heteroatoms. The van der Waals surface area contributed by atoms with E-state index in [-0.39, 0.29) is 11.7 Å². The number of hydrogen-bond acceptors (Lipinski definition) is 2. The summed E-state index contributed by atoms with van der Waals surface area (Å²) in [7, 11) is 0. The number of aryl methyl sites for hydroxylation is 3. The molecular formula is C26H26FN3O. The van der Waals surface area contributed by atoms with Crippen molar-refractivity contribution in [2.24, 2.45) is 0 Å². The molecule has 31 heavy (non-hydrogen) atoms. The molecule has 0 aliphatic heterocycles. The fraction of sp³-hybridized carbons (Fsp3) is 0.231. The number of carbonyl (C=O) groups excluding carboxylic acids is 1. The highest BCUT2D eigenvalue weighted by atomic mass is 19.1. The van der Waals surface area contributed by atoms with Gasteiger partial charge in [0.2, 0.25) is 0 Å². The molecule has 0 unspecified atom stereocenters. The lowest BCUT2D eigenvalue weighted by Crippen LogP contribution is -2.25. The Balaban J connectivity index is 1.44. The quantitative estimate of drug-likeness (QED) is 0.422. The van der Waals surface area contributed by atoms with Crippen molar-refractivity contribution in [3.63, 3.8) is 0 Å². The average molecular weight is 416 g/mol. The maximum atomic E-state index is 13.3. The van der Waals surface area contributed by atoms with Crippen LogP contribution >= 0.6 is 0 Å². The van der Waals surface area contributed by atoms with Crippen molar-refractivity contribution >= 4 is 16.9 Å². The van der Waals surface area contributed by atoms with Gasteiger partial charge in [0, 0.05) is 25.1 Å². The molecule has 4 nitrogen and oxygen atoms in total. The molecule has 1 N–H and O–H groups in total. The Bertz CT molecular complexity index is 1210. The van der Waals surface area contributed by atoms with Gasteiger partial charge in [-0.2, -0.15) is 0 Å². The van der Waals surface area contributed by atoms with Gasteiger partial charge in [-0.15, -0.1) is 0 Å². The molecule has 0 fully saturated rings. The molecule has 1 amide bonds. The van der Waals surface area contributed by atoms with Crippen LogP contribution in [0, 0.1) is 19.7 Å². The Morgan fingerprint density at radius 1 is 1.03 bits per heavy atom. The van der Waals surface area contributed by atoms with E-state index in [1.165, 1.54) is 12.1 Å². The molecule has 0 bridgehead atoms. The van der Waals surface area contributed by atoms with E-state index < -0.39 is 0 Å². The van der Waals surface area contributed by atoms with Crippen molar-refractivity contribution < 1.29 is 9.18 Å². The molecule has 0 atom stereocenters. The van der Waals surface area contributed by atoms with Crippen molar-refractivity contribution in [2.75, 3.05) is 6.54 Å². The number of imidazole rings is 1. The summed E-state index contributed by atoms with van der Waals surface area (Å²) in [5.41, 5.74) is 5.87. The van der Waals surface area contributed by atoms with Gasteiger partial charge < -0.3 is 9.88 Å². The monoisotopic (exact) mass is 415 g/mol. The summed E-state index contributed by atoms with van der Waals surface area (Å²) in [4.78, 5) is 17.3. The Kier molecular flexibility index (Phi) is 6.12. The summed E-state index contributed by atoms with van der Waals surface area (Å²) < 4.78 is 15.5. The van der Waals surface area contributed by atoms with E-state index in [2.05, 4.69) is 16.0 Å². The van der Waals surface area contributed by atoms with Gasteiger partial charge >= 0.3 is 0 Å². The number of carbonyl (C=O) groups is 1. The number of hydrogen-bond donors (Lipinski definition) is 1. The van der Waals surface area contributed by atoms with Crippen LogP contribution in [0.5, 0.6) is 0 Å². The number of amides is 1. The number of fused-ring (bicyclic) bond motifs is 1. The zero-order valence-corrected chi connectivity index (χ0v) is 17.9. The van der Waals surface area contributed by atoms with Crippen molar-refractivity contribution in [1.29, 1.82) is 0 Å². The summed E-state index contributed by atoms with van der Waals surface area (Å²) in [5, 5.41) is 3.02. The van der Waals surface area contributed by atoms with E-state index in [0.29, 0.717) is 18.7 Å². The standard InChI is InChI=1S/C26H26FN3O/c1-18-9-14-22(19(2)16-18)26(31)28-15-5-8-25-29-23-6-3-4-7-24(23)30(25)17-20-10-12-21(27)13-11-20/h3-4,6-7,9-14,16H,5,8,15,17H2,1-2H3,(H,28,31). The lowest BCUT2D eigenvalue weighted by molar-refractivity contribution is 0.0952. The third-order valence-electron chi connectivity index (χ3n) is 5.48. The molecule has 158 valence electrons. The summed E-state index contributed by atoms with van der Waals surface area (Å²) in [5.74, 6) is 0.683. The minimum atomic E-state index is -0.237. The summed E-state index contributed by atoms with van der Waals surface area (Å²) >= 11 is 0. The van der Waals surface area contributed by atoms with Gasteiger partial charge in [0.25, 0.3) is 5.91 Å². The maximum Gasteiger partial charge on any atom is 0.251 e. The number of para-hydroxylation sites is 2. The van der Waals surface area contributed by atoms with Crippen LogP contribution in [0.2, 0.25) is 0 Å². The van der Waals surface area contributed by atoms with Crippen molar-refractivity contribution in [3.8, 4) is 0 Å². The fourth-order valence-corrected chi connectivity index (χ4v) is 3.88. The number of nitrogens with one attached hydrogen (secondary N) is 1. The largest absolute Gasteiger partial charge is 0.352 e. The van der Waals surface area contributed by atoms with Gasteiger partial charge in [-0.25, -0.2) is 9.37 Å². The van der Waals surface area contributed by atoms with E-state index in [9.17, 15) is 9.18 Å². The molecule has 4 rings (SSSR count). The minimum absolute atomic E-state index is 0.0442. The van der Waals surface area contributed by atoms with Gasteiger partial charge in [0.1, 0.15) is 11.6 Å². The first-order chi connectivity index (χ1) is 15.0. The molecule has 0 spiro atoms. The fourth-order valence-electron chi connectivity index (χ4n) is 3.88. The van der Waals surface area contributed by atoms with Crippen molar-refractivity contribution in [1.82, 2.24) is 14.9 Å². The highest BCUT2D eigenvalue weighted by Gasteiger charge is 2.12. The summed E-state index contributed by atoms with van der Waals surface area (Å²) in [6, 6.07) is 20.5. The van der Waals surface area contributed by atoms with E-state index in [1.807, 2.05) is 50.2 Å². The molecule has 1 aromatic heterocycles. The zero-order chi connectivity index (χ0) is 21.8. The Labute approximate surface area is 181 Å². The first-order valence-corrected chi connectivity index (χ1v) is 10.6. The van der Waals surface area contributed by atoms with Crippen LogP contribution in [-0.4, -0.2) is 22.0 Å². The second-order valence-electron chi connectivity index (χ2n) is 7.91. The first-order valence-electron chi connectivity index (χ1n) is 10.6. The third kappa shape index (κ3) is 4.82. The van der Waals surface area contributed by atoms with Crippen LogP contribution in [0.15, 0.2) is 66.7 Å². The third-order valence-corrected chi connectivity index (χ3v) is 5.48. The van der Waals surface area contributed by atoms with Crippen LogP contribution in [0.1, 0.15) is 39.3 Å². The van der Waals surface area contributed by atoms with Crippen LogP contribution in [-0.2, 0) is 13.0 Å². The van der Waals surface area contributed by atoms with E-state index in [4.69, 9.17) is 4.98 Å². The number of nitrogens with zero attached hydrogens (tertiary/aromatic N) is 2. The highest BCUT2D eigenvalue weighted by molar-refractivity contribution is 5.95. The van der Waals surface area contributed by atoms with Crippen molar-refractivity contribution in [3.05, 3.63) is 101 Å². The Hall–Kier alpha value is -3.47. The summed E-state index contributed by atoms with van der Waals surface area (Å²) in [6.45, 7) is 5.18. The molecule has 0 aliphatic carbocycles. The first kappa shape index (κ1) is 20.8. The Morgan fingerprint density at radius 3 is 2.58 bits per heavy atom. The molecule has 0 radical (unpaired) electrons. The van der Waals surface area contributed by atoms with E-state index in [1.54, 1.807) is 12.1 Å². The van der Waals surface area contributed by atoms with E-state index >= 15 is 0 Å². The molecule has 0 aliphatic rings. The second kappa shape index (κ2) is 9.13. The Morgan fingerprint density at radius 2 is 1.81 bits per heavy atom.